The third-order valence-electron chi connectivity index (χ3n) is 5.00. The molecule has 0 spiro atoms. The number of hydrogen-bond acceptors (Lipinski definition) is 8. The summed E-state index contributed by atoms with van der Waals surface area (Å²) in [6.07, 6.45) is 3.08. The summed E-state index contributed by atoms with van der Waals surface area (Å²) in [4.78, 5) is 34.2. The van der Waals surface area contributed by atoms with Crippen molar-refractivity contribution in [1.29, 1.82) is 0 Å². The van der Waals surface area contributed by atoms with E-state index >= 15 is 0 Å². The molecule has 1 atom stereocenters. The Balaban J connectivity index is 1.59. The summed E-state index contributed by atoms with van der Waals surface area (Å²) in [5.74, 6) is -0.517. The van der Waals surface area contributed by atoms with Gasteiger partial charge in [0.25, 0.3) is 0 Å². The van der Waals surface area contributed by atoms with Crippen LogP contribution in [0.2, 0.25) is 0 Å². The van der Waals surface area contributed by atoms with Crippen molar-refractivity contribution in [3.8, 4) is 0 Å². The van der Waals surface area contributed by atoms with Crippen molar-refractivity contribution in [3.63, 3.8) is 0 Å². The molecule has 2 aromatic rings. The van der Waals surface area contributed by atoms with Crippen LogP contribution >= 0.6 is 0 Å². The van der Waals surface area contributed by atoms with E-state index in [0.717, 1.165) is 0 Å². The molecule has 0 radical (unpaired) electrons. The Morgan fingerprint density at radius 1 is 1.10 bits per heavy atom. The molecule has 1 aromatic carbocycles. The lowest BCUT2D eigenvalue weighted by molar-refractivity contribution is -0.121. The molecule has 1 N–H and O–H groups in total. The van der Waals surface area contributed by atoms with Crippen molar-refractivity contribution in [2.45, 2.75) is 24.8 Å². The van der Waals surface area contributed by atoms with Crippen molar-refractivity contribution in [3.05, 3.63) is 48.3 Å². The van der Waals surface area contributed by atoms with Crippen LogP contribution in [0.4, 0.5) is 5.95 Å². The van der Waals surface area contributed by atoms with E-state index in [-0.39, 0.29) is 36.4 Å². The first-order valence-electron chi connectivity index (χ1n) is 9.92. The molecule has 0 aliphatic carbocycles. The van der Waals surface area contributed by atoms with Crippen molar-refractivity contribution in [2.75, 3.05) is 38.1 Å². The van der Waals surface area contributed by atoms with Gasteiger partial charge in [0.05, 0.1) is 23.1 Å². The number of aromatic nitrogens is 2. The predicted octanol–water partition coefficient (Wildman–Crippen LogP) is 0.987. The molecule has 10 nitrogen and oxygen atoms in total. The zero-order valence-corrected chi connectivity index (χ0v) is 18.2. The Bertz CT molecular complexity index is 1010. The molecule has 1 aliphatic heterocycles. The lowest BCUT2D eigenvalue weighted by atomic mass is 10.2. The van der Waals surface area contributed by atoms with Gasteiger partial charge in [0.2, 0.25) is 21.9 Å². The van der Waals surface area contributed by atoms with Crippen molar-refractivity contribution in [2.24, 2.45) is 0 Å². The Morgan fingerprint density at radius 3 is 2.29 bits per heavy atom. The van der Waals surface area contributed by atoms with Gasteiger partial charge in [0, 0.05) is 38.6 Å². The number of sulfonamides is 1. The highest BCUT2D eigenvalue weighted by Crippen LogP contribution is 2.19. The van der Waals surface area contributed by atoms with Crippen molar-refractivity contribution < 1.29 is 22.7 Å². The first-order chi connectivity index (χ1) is 14.8. The third-order valence-corrected chi connectivity index (χ3v) is 6.92. The maximum atomic E-state index is 12.9. The van der Waals surface area contributed by atoms with Crippen LogP contribution in [-0.4, -0.2) is 78.3 Å². The number of nitrogens with one attached hydrogen (secondary N) is 1. The highest BCUT2D eigenvalue weighted by Gasteiger charge is 2.32. The second-order valence-electron chi connectivity index (χ2n) is 6.92. The molecule has 0 saturated carbocycles. The van der Waals surface area contributed by atoms with Gasteiger partial charge in [-0.15, -0.1) is 0 Å². The summed E-state index contributed by atoms with van der Waals surface area (Å²) < 4.78 is 32.2. The molecular weight excluding hydrogens is 422 g/mol. The number of benzene rings is 1. The number of carbonyl (C=O) groups is 2. The fraction of sp³-hybridized carbons (Fsp3) is 0.400. The Labute approximate surface area is 181 Å². The van der Waals surface area contributed by atoms with Gasteiger partial charge in [0.15, 0.2) is 0 Å². The van der Waals surface area contributed by atoms with Gasteiger partial charge >= 0.3 is 5.97 Å². The van der Waals surface area contributed by atoms with Gasteiger partial charge in [0.1, 0.15) is 0 Å². The standard InChI is InChI=1S/C20H25N5O5S/c1-3-30-19(27)16-5-7-17(8-6-16)31(28,29)25-13-11-24(12-14-25)15(2)18(26)23-20-21-9-4-10-22-20/h4-10,15H,3,11-14H2,1-2H3,(H,21,22,23,26)/t15-/m1/s1. The lowest BCUT2D eigenvalue weighted by Gasteiger charge is -2.36. The van der Waals surface area contributed by atoms with Gasteiger partial charge in [-0.05, 0) is 44.2 Å². The van der Waals surface area contributed by atoms with Gasteiger partial charge in [-0.1, -0.05) is 0 Å². The zero-order chi connectivity index (χ0) is 22.4. The average molecular weight is 448 g/mol. The van der Waals surface area contributed by atoms with Crippen LogP contribution in [-0.2, 0) is 19.6 Å². The Morgan fingerprint density at radius 2 is 1.71 bits per heavy atom. The minimum atomic E-state index is -3.70. The summed E-state index contributed by atoms with van der Waals surface area (Å²) >= 11 is 0. The Kier molecular flexibility index (Phi) is 7.31. The first kappa shape index (κ1) is 22.8. The number of carbonyl (C=O) groups excluding carboxylic acids is 2. The second kappa shape index (κ2) is 9.94. The average Bonchev–Trinajstić information content (AvgIpc) is 2.79. The molecule has 11 heteroatoms. The van der Waals surface area contributed by atoms with Gasteiger partial charge < -0.3 is 4.74 Å². The van der Waals surface area contributed by atoms with E-state index in [1.54, 1.807) is 19.9 Å². The summed E-state index contributed by atoms with van der Waals surface area (Å²) in [5, 5.41) is 2.66. The van der Waals surface area contributed by atoms with E-state index in [1.807, 2.05) is 4.90 Å². The highest BCUT2D eigenvalue weighted by molar-refractivity contribution is 7.89. The van der Waals surface area contributed by atoms with Crippen LogP contribution in [0, 0.1) is 0 Å². The molecule has 166 valence electrons. The molecule has 2 heterocycles. The number of rotatable bonds is 7. The van der Waals surface area contributed by atoms with Crippen LogP contribution in [0.3, 0.4) is 0 Å². The topological polar surface area (TPSA) is 122 Å². The number of piperazine rings is 1. The molecule has 1 saturated heterocycles. The van der Waals surface area contributed by atoms with Crippen LogP contribution in [0.25, 0.3) is 0 Å². The number of amides is 1. The lowest BCUT2D eigenvalue weighted by Crippen LogP contribution is -2.54. The van der Waals surface area contributed by atoms with Gasteiger partial charge in [-0.3, -0.25) is 15.0 Å². The van der Waals surface area contributed by atoms with Gasteiger partial charge in [-0.2, -0.15) is 4.31 Å². The third kappa shape index (κ3) is 5.43. The van der Waals surface area contributed by atoms with E-state index < -0.39 is 22.0 Å². The SMILES string of the molecule is CCOC(=O)c1ccc(S(=O)(=O)N2CCN([C@H](C)C(=O)Nc3ncccn3)CC2)cc1. The quantitative estimate of drug-likeness (QED) is 0.624. The normalized spacial score (nSPS) is 16.5. The molecule has 0 bridgehead atoms. The maximum absolute atomic E-state index is 12.9. The monoisotopic (exact) mass is 447 g/mol. The van der Waals surface area contributed by atoms with Crippen molar-refractivity contribution >= 4 is 27.8 Å². The molecule has 1 aromatic heterocycles. The Hall–Kier alpha value is -2.89. The smallest absolute Gasteiger partial charge is 0.338 e. The number of esters is 1. The van der Waals surface area contributed by atoms with Crippen LogP contribution in [0.1, 0.15) is 24.2 Å². The second-order valence-corrected chi connectivity index (χ2v) is 8.86. The van der Waals surface area contributed by atoms with E-state index in [1.165, 1.54) is 41.0 Å². The minimum absolute atomic E-state index is 0.112. The molecule has 1 aliphatic rings. The summed E-state index contributed by atoms with van der Waals surface area (Å²) in [7, 11) is -3.70. The van der Waals surface area contributed by atoms with E-state index in [4.69, 9.17) is 4.74 Å². The van der Waals surface area contributed by atoms with Crippen LogP contribution in [0.5, 0.6) is 0 Å². The molecular formula is C20H25N5O5S. The molecule has 1 fully saturated rings. The summed E-state index contributed by atoms with van der Waals surface area (Å²) in [6.45, 7) is 5.03. The fourth-order valence-electron chi connectivity index (χ4n) is 3.20. The summed E-state index contributed by atoms with van der Waals surface area (Å²) in [6, 6.07) is 6.90. The highest BCUT2D eigenvalue weighted by atomic mass is 32.2. The molecule has 3 rings (SSSR count). The van der Waals surface area contributed by atoms with E-state index in [0.29, 0.717) is 18.7 Å². The number of nitrogens with zero attached hydrogens (tertiary/aromatic N) is 4. The fourth-order valence-corrected chi connectivity index (χ4v) is 4.62. The van der Waals surface area contributed by atoms with Gasteiger partial charge in [-0.25, -0.2) is 23.2 Å². The number of ether oxygens (including phenoxy) is 1. The van der Waals surface area contributed by atoms with Crippen molar-refractivity contribution in [1.82, 2.24) is 19.2 Å². The molecule has 1 amide bonds. The zero-order valence-electron chi connectivity index (χ0n) is 17.4. The molecule has 31 heavy (non-hydrogen) atoms. The maximum Gasteiger partial charge on any atom is 0.338 e. The van der Waals surface area contributed by atoms with E-state index in [2.05, 4.69) is 15.3 Å². The van der Waals surface area contributed by atoms with E-state index in [9.17, 15) is 18.0 Å². The summed E-state index contributed by atoms with van der Waals surface area (Å²) in [5.41, 5.74) is 0.299. The predicted molar refractivity (Wildman–Crippen MR) is 113 cm³/mol. The number of hydrogen-bond donors (Lipinski definition) is 1. The minimum Gasteiger partial charge on any atom is -0.462 e. The largest absolute Gasteiger partial charge is 0.462 e. The number of anilines is 1. The van der Waals surface area contributed by atoms with Crippen LogP contribution in [0.15, 0.2) is 47.6 Å². The molecule has 0 unspecified atom stereocenters. The first-order valence-corrected chi connectivity index (χ1v) is 11.4. The van der Waals surface area contributed by atoms with Crippen LogP contribution < -0.4 is 5.32 Å².